The Kier molecular flexibility index (Phi) is 4.01. The van der Waals surface area contributed by atoms with Gasteiger partial charge in [0, 0.05) is 18.4 Å². The molecule has 0 unspecified atom stereocenters. The lowest BCUT2D eigenvalue weighted by molar-refractivity contribution is -0.116. The predicted molar refractivity (Wildman–Crippen MR) is 103 cm³/mol. The third-order valence-corrected chi connectivity index (χ3v) is 5.44. The fourth-order valence-corrected chi connectivity index (χ4v) is 4.19. The Morgan fingerprint density at radius 2 is 2.00 bits per heavy atom. The van der Waals surface area contributed by atoms with E-state index in [9.17, 15) is 4.79 Å². The molecule has 1 aliphatic heterocycles. The lowest BCUT2D eigenvalue weighted by Crippen LogP contribution is -2.26. The van der Waals surface area contributed by atoms with Crippen molar-refractivity contribution >= 4 is 11.4 Å². The summed E-state index contributed by atoms with van der Waals surface area (Å²) in [5.41, 5.74) is 2.95. The van der Waals surface area contributed by atoms with Gasteiger partial charge in [0.1, 0.15) is 17.9 Å². The first-order chi connectivity index (χ1) is 14.1. The molecule has 0 bridgehead atoms. The number of nitrogens with zero attached hydrogens (tertiary/aromatic N) is 4. The summed E-state index contributed by atoms with van der Waals surface area (Å²) in [6, 6.07) is 5.69. The Hall–Kier alpha value is -3.42. The highest BCUT2D eigenvalue weighted by atomic mass is 16.5. The van der Waals surface area contributed by atoms with Gasteiger partial charge in [-0.15, -0.1) is 0 Å². The molecule has 0 spiro atoms. The van der Waals surface area contributed by atoms with Gasteiger partial charge < -0.3 is 14.2 Å². The number of ether oxygens (including phenoxy) is 3. The molecule has 0 amide bonds. The number of allylic oxidation sites excluding steroid dienone is 2. The molecule has 8 heteroatoms. The van der Waals surface area contributed by atoms with Crippen LogP contribution in [0.25, 0.3) is 5.65 Å². The minimum absolute atomic E-state index is 0.0925. The molecule has 1 aromatic carbocycles. The van der Waals surface area contributed by atoms with Crippen LogP contribution in [0, 0.1) is 6.92 Å². The van der Waals surface area contributed by atoms with Crippen LogP contribution in [0.3, 0.4) is 0 Å². The predicted octanol–water partition coefficient (Wildman–Crippen LogP) is 2.98. The van der Waals surface area contributed by atoms with Crippen molar-refractivity contribution in [3.8, 4) is 17.4 Å². The van der Waals surface area contributed by atoms with Crippen LogP contribution in [0.2, 0.25) is 0 Å². The number of fused-ring (bicyclic) bond motifs is 3. The minimum atomic E-state index is -0.360. The maximum Gasteiger partial charge on any atom is 0.228 e. The fourth-order valence-electron chi connectivity index (χ4n) is 4.19. The summed E-state index contributed by atoms with van der Waals surface area (Å²) in [4.78, 5) is 22.0. The maximum atomic E-state index is 13.0. The number of carbonyl (C=O) groups excluding carboxylic acids is 1. The first kappa shape index (κ1) is 17.7. The lowest BCUT2D eigenvalue weighted by atomic mass is 9.78. The van der Waals surface area contributed by atoms with Crippen molar-refractivity contribution in [1.29, 1.82) is 0 Å². The molecule has 148 valence electrons. The maximum absolute atomic E-state index is 13.0. The van der Waals surface area contributed by atoms with Crippen LogP contribution in [-0.4, -0.2) is 39.6 Å². The van der Waals surface area contributed by atoms with Crippen LogP contribution < -0.4 is 14.2 Å². The van der Waals surface area contributed by atoms with Gasteiger partial charge >= 0.3 is 0 Å². The van der Waals surface area contributed by atoms with E-state index in [2.05, 4.69) is 15.1 Å². The number of hydrogen-bond donors (Lipinski definition) is 0. The van der Waals surface area contributed by atoms with Crippen molar-refractivity contribution in [3.05, 3.63) is 52.8 Å². The molecule has 1 aliphatic carbocycles. The number of methoxy groups -OCH3 is 2. The van der Waals surface area contributed by atoms with E-state index in [-0.39, 0.29) is 11.7 Å². The second-order valence-corrected chi connectivity index (χ2v) is 7.15. The summed E-state index contributed by atoms with van der Waals surface area (Å²) in [5, 5.41) is 4.38. The summed E-state index contributed by atoms with van der Waals surface area (Å²) >= 11 is 0. The van der Waals surface area contributed by atoms with Crippen LogP contribution in [0.1, 0.15) is 42.1 Å². The van der Waals surface area contributed by atoms with E-state index in [0.29, 0.717) is 53.0 Å². The summed E-state index contributed by atoms with van der Waals surface area (Å²) in [6.45, 7) is 1.82. The van der Waals surface area contributed by atoms with E-state index in [1.54, 1.807) is 25.1 Å². The van der Waals surface area contributed by atoms with Crippen LogP contribution in [0.4, 0.5) is 0 Å². The van der Waals surface area contributed by atoms with Crippen LogP contribution in [0.5, 0.6) is 17.4 Å². The first-order valence-electron chi connectivity index (χ1n) is 9.48. The number of hydrogen-bond acceptors (Lipinski definition) is 7. The van der Waals surface area contributed by atoms with Crippen molar-refractivity contribution in [1.82, 2.24) is 19.6 Å². The molecule has 1 atom stereocenters. The molecule has 8 nitrogen and oxygen atoms in total. The van der Waals surface area contributed by atoms with Gasteiger partial charge in [-0.25, -0.2) is 14.5 Å². The summed E-state index contributed by atoms with van der Waals surface area (Å²) in [5.74, 6) is 2.75. The van der Waals surface area contributed by atoms with E-state index in [1.807, 2.05) is 25.1 Å². The van der Waals surface area contributed by atoms with Gasteiger partial charge in [0.15, 0.2) is 22.9 Å². The van der Waals surface area contributed by atoms with Gasteiger partial charge in [0.25, 0.3) is 0 Å². The highest BCUT2D eigenvalue weighted by Crippen LogP contribution is 2.48. The van der Waals surface area contributed by atoms with Gasteiger partial charge in [-0.3, -0.25) is 4.79 Å². The zero-order valence-electron chi connectivity index (χ0n) is 16.4. The molecule has 29 heavy (non-hydrogen) atoms. The molecule has 0 radical (unpaired) electrons. The Bertz CT molecular complexity index is 1180. The van der Waals surface area contributed by atoms with Crippen molar-refractivity contribution in [2.24, 2.45) is 0 Å². The van der Waals surface area contributed by atoms with E-state index < -0.39 is 0 Å². The molecule has 0 N–H and O–H groups in total. The van der Waals surface area contributed by atoms with Crippen LogP contribution in [0.15, 0.2) is 35.9 Å². The normalized spacial score (nSPS) is 18.3. The molecule has 0 saturated carbocycles. The van der Waals surface area contributed by atoms with Gasteiger partial charge in [-0.1, -0.05) is 6.07 Å². The first-order valence-corrected chi connectivity index (χ1v) is 9.48. The second-order valence-electron chi connectivity index (χ2n) is 7.15. The van der Waals surface area contributed by atoms with E-state index in [4.69, 9.17) is 14.2 Å². The summed E-state index contributed by atoms with van der Waals surface area (Å²) in [7, 11) is 3.19. The highest BCUT2D eigenvalue weighted by Gasteiger charge is 2.39. The van der Waals surface area contributed by atoms with Crippen molar-refractivity contribution < 1.29 is 19.0 Å². The minimum Gasteiger partial charge on any atom is -0.493 e. The topological polar surface area (TPSA) is 87.8 Å². The van der Waals surface area contributed by atoms with Gasteiger partial charge in [-0.05, 0) is 31.0 Å². The zero-order chi connectivity index (χ0) is 20.1. The number of aryl methyl sites for hydroxylation is 1. The Labute approximate surface area is 167 Å². The van der Waals surface area contributed by atoms with Crippen LogP contribution in [-0.2, 0) is 4.79 Å². The standard InChI is InChI=1S/C21H20N4O4/c1-11-23-20-19-17(12-7-8-14(27-2)16(9-12)28-3)18-13(26)5-4-6-15(18)29-21(19)22-10-25(20)24-11/h7-10,17H,4-6H2,1-3H3/t17-/m0/s1. The van der Waals surface area contributed by atoms with Crippen molar-refractivity contribution in [3.63, 3.8) is 0 Å². The van der Waals surface area contributed by atoms with Gasteiger partial charge in [0.2, 0.25) is 5.88 Å². The van der Waals surface area contributed by atoms with E-state index >= 15 is 0 Å². The quantitative estimate of drug-likeness (QED) is 0.677. The lowest BCUT2D eigenvalue weighted by Gasteiger charge is -2.32. The molecule has 2 aliphatic rings. The molecule has 2 aromatic heterocycles. The van der Waals surface area contributed by atoms with E-state index in [0.717, 1.165) is 17.5 Å². The summed E-state index contributed by atoms with van der Waals surface area (Å²) < 4.78 is 18.6. The highest BCUT2D eigenvalue weighted by molar-refractivity contribution is 6.00. The molecule has 0 fully saturated rings. The monoisotopic (exact) mass is 392 g/mol. The van der Waals surface area contributed by atoms with Gasteiger partial charge in [-0.2, -0.15) is 5.10 Å². The SMILES string of the molecule is COc1ccc([C@H]2C3=C(CCCC3=O)Oc3ncn4nc(C)nc4c32)cc1OC. The number of carbonyl (C=O) groups is 1. The van der Waals surface area contributed by atoms with Gasteiger partial charge in [0.05, 0.1) is 25.7 Å². The van der Waals surface area contributed by atoms with Crippen molar-refractivity contribution in [2.75, 3.05) is 14.2 Å². The number of Topliss-reactive ketones (excluding diaryl/α,β-unsaturated/α-hetero) is 1. The smallest absolute Gasteiger partial charge is 0.228 e. The average Bonchev–Trinajstić information content (AvgIpc) is 3.12. The van der Waals surface area contributed by atoms with Crippen LogP contribution >= 0.6 is 0 Å². The summed E-state index contributed by atoms with van der Waals surface area (Å²) in [6.07, 6.45) is 3.58. The number of benzene rings is 1. The Morgan fingerprint density at radius 1 is 1.17 bits per heavy atom. The number of aromatic nitrogens is 4. The molecular formula is C21H20N4O4. The third kappa shape index (κ3) is 2.66. The fraction of sp³-hybridized carbons (Fsp3) is 0.333. The Morgan fingerprint density at radius 3 is 2.79 bits per heavy atom. The van der Waals surface area contributed by atoms with E-state index in [1.165, 1.54) is 0 Å². The number of rotatable bonds is 3. The largest absolute Gasteiger partial charge is 0.493 e. The molecule has 3 heterocycles. The molecule has 0 saturated heterocycles. The third-order valence-electron chi connectivity index (χ3n) is 5.44. The van der Waals surface area contributed by atoms with Crippen molar-refractivity contribution in [2.45, 2.75) is 32.1 Å². The molecular weight excluding hydrogens is 372 g/mol. The molecule has 3 aromatic rings. The zero-order valence-corrected chi connectivity index (χ0v) is 16.4. The second kappa shape index (κ2) is 6.58. The molecule has 5 rings (SSSR count). The Balaban J connectivity index is 1.80. The average molecular weight is 392 g/mol. The number of ketones is 1.